The van der Waals surface area contributed by atoms with E-state index >= 15 is 0 Å². The van der Waals surface area contributed by atoms with Gasteiger partial charge in [-0.15, -0.1) is 10.2 Å². The minimum absolute atomic E-state index is 0.138. The molecule has 0 bridgehead atoms. The summed E-state index contributed by atoms with van der Waals surface area (Å²) in [6, 6.07) is 3.82. The van der Waals surface area contributed by atoms with E-state index in [9.17, 15) is 4.79 Å². The van der Waals surface area contributed by atoms with Crippen LogP contribution >= 0.6 is 0 Å². The lowest BCUT2D eigenvalue weighted by Crippen LogP contribution is -1.99. The Bertz CT molecular complexity index is 496. The minimum atomic E-state index is -0.979. The second-order valence-electron chi connectivity index (χ2n) is 3.52. The highest BCUT2D eigenvalue weighted by atomic mass is 16.4. The first-order valence-electron chi connectivity index (χ1n) is 5.16. The molecule has 0 fully saturated rings. The predicted molar refractivity (Wildman–Crippen MR) is 57.3 cm³/mol. The number of carboxylic acid groups (broad SMARTS) is 1. The topological polar surface area (TPSA) is 89.1 Å². The third-order valence-electron chi connectivity index (χ3n) is 2.16. The molecule has 0 aliphatic carbocycles. The number of aromatic nitrogens is 3. The normalized spacial score (nSPS) is 10.4. The van der Waals surface area contributed by atoms with Gasteiger partial charge in [0.15, 0.2) is 0 Å². The number of hydrogen-bond acceptors (Lipinski definition) is 5. The molecule has 1 N–H and O–H groups in total. The van der Waals surface area contributed by atoms with Gasteiger partial charge in [-0.2, -0.15) is 0 Å². The number of carbonyl (C=O) groups is 1. The Balaban J connectivity index is 1.91. The third-order valence-corrected chi connectivity index (χ3v) is 2.16. The van der Waals surface area contributed by atoms with Gasteiger partial charge >= 0.3 is 5.97 Å². The van der Waals surface area contributed by atoms with Crippen molar-refractivity contribution < 1.29 is 14.3 Å². The van der Waals surface area contributed by atoms with Crippen molar-refractivity contribution in [3.63, 3.8) is 0 Å². The van der Waals surface area contributed by atoms with Gasteiger partial charge in [-0.1, -0.05) is 6.07 Å². The van der Waals surface area contributed by atoms with Gasteiger partial charge in [0.1, 0.15) is 6.42 Å². The van der Waals surface area contributed by atoms with Crippen molar-refractivity contribution >= 4 is 5.97 Å². The Kier molecular flexibility index (Phi) is 3.44. The van der Waals surface area contributed by atoms with Crippen LogP contribution in [0.25, 0.3) is 0 Å². The van der Waals surface area contributed by atoms with E-state index in [4.69, 9.17) is 9.52 Å². The number of hydrogen-bond donors (Lipinski definition) is 1. The smallest absolute Gasteiger partial charge is 0.312 e. The van der Waals surface area contributed by atoms with Crippen LogP contribution in [0.15, 0.2) is 28.9 Å². The largest absolute Gasteiger partial charge is 0.481 e. The van der Waals surface area contributed by atoms with E-state index in [0.717, 1.165) is 12.0 Å². The summed E-state index contributed by atoms with van der Waals surface area (Å²) in [7, 11) is 0. The predicted octanol–water partition coefficient (Wildman–Crippen LogP) is 0.877. The summed E-state index contributed by atoms with van der Waals surface area (Å²) < 4.78 is 5.19. The Hall–Kier alpha value is -2.24. The van der Waals surface area contributed by atoms with Gasteiger partial charge in [-0.25, -0.2) is 0 Å². The summed E-state index contributed by atoms with van der Waals surface area (Å²) in [6.45, 7) is 0. The first kappa shape index (κ1) is 11.3. The van der Waals surface area contributed by atoms with Crippen LogP contribution in [-0.4, -0.2) is 26.3 Å². The van der Waals surface area contributed by atoms with Gasteiger partial charge in [0.25, 0.3) is 0 Å². The zero-order chi connectivity index (χ0) is 12.1. The minimum Gasteiger partial charge on any atom is -0.481 e. The Morgan fingerprint density at radius 1 is 1.29 bits per heavy atom. The average Bonchev–Trinajstić information content (AvgIpc) is 2.75. The first-order chi connectivity index (χ1) is 8.24. The molecule has 0 spiro atoms. The molecule has 2 aromatic heterocycles. The summed E-state index contributed by atoms with van der Waals surface area (Å²) in [5.74, 6) is -0.392. The molecule has 6 nitrogen and oxygen atoms in total. The highest BCUT2D eigenvalue weighted by molar-refractivity contribution is 5.68. The SMILES string of the molecule is O=C(O)Cc1nnc(CCc2cccnc2)o1. The van der Waals surface area contributed by atoms with Crippen molar-refractivity contribution in [2.75, 3.05) is 0 Å². The molecular formula is C11H11N3O3. The molecule has 2 heterocycles. The van der Waals surface area contributed by atoms with Gasteiger partial charge in [0.2, 0.25) is 11.8 Å². The van der Waals surface area contributed by atoms with Crippen molar-refractivity contribution in [3.8, 4) is 0 Å². The van der Waals surface area contributed by atoms with Crippen LogP contribution in [0.5, 0.6) is 0 Å². The second kappa shape index (κ2) is 5.20. The molecule has 0 aliphatic rings. The van der Waals surface area contributed by atoms with Crippen LogP contribution in [0.1, 0.15) is 17.3 Å². The first-order valence-corrected chi connectivity index (χ1v) is 5.16. The van der Waals surface area contributed by atoms with Crippen LogP contribution in [0.2, 0.25) is 0 Å². The molecule has 0 unspecified atom stereocenters. The fourth-order valence-electron chi connectivity index (χ4n) is 1.39. The highest BCUT2D eigenvalue weighted by Crippen LogP contribution is 2.06. The van der Waals surface area contributed by atoms with E-state index in [1.54, 1.807) is 12.4 Å². The molecule has 0 saturated carbocycles. The molecule has 2 rings (SSSR count). The van der Waals surface area contributed by atoms with E-state index < -0.39 is 5.97 Å². The molecule has 0 atom stereocenters. The quantitative estimate of drug-likeness (QED) is 0.824. The average molecular weight is 233 g/mol. The lowest BCUT2D eigenvalue weighted by Gasteiger charge is -1.96. The van der Waals surface area contributed by atoms with Crippen LogP contribution in [0, 0.1) is 0 Å². The Morgan fingerprint density at radius 2 is 2.12 bits per heavy atom. The maximum atomic E-state index is 10.4. The molecule has 0 saturated heterocycles. The van der Waals surface area contributed by atoms with Crippen LogP contribution in [0.3, 0.4) is 0 Å². The lowest BCUT2D eigenvalue weighted by atomic mass is 10.2. The molecule has 6 heteroatoms. The molecule has 0 amide bonds. The zero-order valence-corrected chi connectivity index (χ0v) is 9.04. The summed E-state index contributed by atoms with van der Waals surface area (Å²) in [4.78, 5) is 14.4. The second-order valence-corrected chi connectivity index (χ2v) is 3.52. The molecule has 0 aliphatic heterocycles. The van der Waals surface area contributed by atoms with Crippen molar-refractivity contribution in [3.05, 3.63) is 41.9 Å². The van der Waals surface area contributed by atoms with E-state index in [1.807, 2.05) is 12.1 Å². The lowest BCUT2D eigenvalue weighted by molar-refractivity contribution is -0.136. The fourth-order valence-corrected chi connectivity index (χ4v) is 1.39. The Labute approximate surface area is 97.3 Å². The van der Waals surface area contributed by atoms with Crippen LogP contribution in [0.4, 0.5) is 0 Å². The highest BCUT2D eigenvalue weighted by Gasteiger charge is 2.09. The summed E-state index contributed by atoms with van der Waals surface area (Å²) in [5.41, 5.74) is 1.07. The van der Waals surface area contributed by atoms with E-state index in [1.165, 1.54) is 0 Å². The number of nitrogens with zero attached hydrogens (tertiary/aromatic N) is 3. The van der Waals surface area contributed by atoms with Gasteiger partial charge in [0.05, 0.1) is 0 Å². The Morgan fingerprint density at radius 3 is 2.82 bits per heavy atom. The van der Waals surface area contributed by atoms with Gasteiger partial charge in [-0.05, 0) is 18.1 Å². The van der Waals surface area contributed by atoms with Gasteiger partial charge < -0.3 is 9.52 Å². The third kappa shape index (κ3) is 3.37. The monoisotopic (exact) mass is 233 g/mol. The number of pyridine rings is 1. The van der Waals surface area contributed by atoms with Crippen molar-refractivity contribution in [1.29, 1.82) is 0 Å². The maximum absolute atomic E-state index is 10.4. The maximum Gasteiger partial charge on any atom is 0.312 e. The van der Waals surface area contributed by atoms with Crippen molar-refractivity contribution in [2.45, 2.75) is 19.3 Å². The van der Waals surface area contributed by atoms with E-state index in [0.29, 0.717) is 12.3 Å². The molecule has 2 aromatic rings. The van der Waals surface area contributed by atoms with Crippen LogP contribution in [-0.2, 0) is 24.1 Å². The van der Waals surface area contributed by atoms with Crippen LogP contribution < -0.4 is 0 Å². The number of aliphatic carboxylic acids is 1. The number of carboxylic acids is 1. The molecular weight excluding hydrogens is 222 g/mol. The van der Waals surface area contributed by atoms with Gasteiger partial charge in [0, 0.05) is 18.8 Å². The summed E-state index contributed by atoms with van der Waals surface area (Å²) >= 11 is 0. The summed E-state index contributed by atoms with van der Waals surface area (Å²) in [5, 5.41) is 16.0. The molecule has 0 aromatic carbocycles. The van der Waals surface area contributed by atoms with Crippen molar-refractivity contribution in [2.24, 2.45) is 0 Å². The van der Waals surface area contributed by atoms with E-state index in [2.05, 4.69) is 15.2 Å². The standard InChI is InChI=1S/C11H11N3O3/c15-11(16)6-10-14-13-9(17-10)4-3-8-2-1-5-12-7-8/h1-2,5,7H,3-4,6H2,(H,15,16). The molecule has 17 heavy (non-hydrogen) atoms. The zero-order valence-electron chi connectivity index (χ0n) is 9.04. The van der Waals surface area contributed by atoms with Crippen molar-refractivity contribution in [1.82, 2.24) is 15.2 Å². The number of rotatable bonds is 5. The van der Waals surface area contributed by atoms with E-state index in [-0.39, 0.29) is 12.3 Å². The number of aryl methyl sites for hydroxylation is 2. The fraction of sp³-hybridized carbons (Fsp3) is 0.273. The molecule has 0 radical (unpaired) electrons. The molecule has 88 valence electrons. The summed E-state index contributed by atoms with van der Waals surface area (Å²) in [6.07, 6.45) is 4.57. The van der Waals surface area contributed by atoms with Gasteiger partial charge in [-0.3, -0.25) is 9.78 Å².